The first kappa shape index (κ1) is 16.9. The predicted octanol–water partition coefficient (Wildman–Crippen LogP) is 3.34. The van der Waals surface area contributed by atoms with Crippen molar-refractivity contribution in [3.63, 3.8) is 0 Å². The Hall–Kier alpha value is -2.97. The Labute approximate surface area is 148 Å². The van der Waals surface area contributed by atoms with Crippen molar-refractivity contribution in [2.24, 2.45) is 5.73 Å². The molecule has 1 heterocycles. The van der Waals surface area contributed by atoms with Crippen LogP contribution in [0.1, 0.15) is 54.4 Å². The van der Waals surface area contributed by atoms with Gasteiger partial charge in [0.15, 0.2) is 6.10 Å². The second-order valence-corrected chi connectivity index (χ2v) is 6.85. The largest absolute Gasteiger partial charge is 0.439 e. The summed E-state index contributed by atoms with van der Waals surface area (Å²) in [7, 11) is 0. The van der Waals surface area contributed by atoms with Crippen LogP contribution in [0.2, 0.25) is 0 Å². The van der Waals surface area contributed by atoms with Crippen molar-refractivity contribution in [2.75, 3.05) is 0 Å². The fourth-order valence-corrected chi connectivity index (χ4v) is 3.51. The van der Waals surface area contributed by atoms with Gasteiger partial charge >= 0.3 is 6.09 Å². The number of ether oxygens (including phenoxy) is 1. The van der Waals surface area contributed by atoms with Crippen LogP contribution in [-0.4, -0.2) is 16.1 Å². The number of nitrogens with two attached hydrogens (primary N) is 1. The second-order valence-electron chi connectivity index (χ2n) is 5.76. The summed E-state index contributed by atoms with van der Waals surface area (Å²) in [5, 5.41) is 19.1. The highest BCUT2D eigenvalue weighted by Crippen LogP contribution is 2.45. The van der Waals surface area contributed by atoms with Gasteiger partial charge in [0.2, 0.25) is 0 Å². The zero-order chi connectivity index (χ0) is 18.0. The SMILES string of the molecule is CC(OC(N)=O)c1nc(C2CC2)c(Sc2cc(C#N)cc(C#N)c2)[nH]1. The Morgan fingerprint density at radius 3 is 2.52 bits per heavy atom. The first-order valence-corrected chi connectivity index (χ1v) is 8.51. The van der Waals surface area contributed by atoms with E-state index in [1.165, 1.54) is 11.8 Å². The fourth-order valence-electron chi connectivity index (χ4n) is 2.43. The van der Waals surface area contributed by atoms with Gasteiger partial charge in [-0.2, -0.15) is 10.5 Å². The van der Waals surface area contributed by atoms with Gasteiger partial charge in [-0.1, -0.05) is 11.8 Å². The van der Waals surface area contributed by atoms with Crippen molar-refractivity contribution < 1.29 is 9.53 Å². The Morgan fingerprint density at radius 1 is 1.36 bits per heavy atom. The van der Waals surface area contributed by atoms with E-state index in [-0.39, 0.29) is 0 Å². The average molecular weight is 353 g/mol. The number of amides is 1. The molecule has 8 heteroatoms. The monoisotopic (exact) mass is 353 g/mol. The van der Waals surface area contributed by atoms with Crippen molar-refractivity contribution in [2.45, 2.75) is 41.7 Å². The number of benzene rings is 1. The molecule has 126 valence electrons. The number of nitriles is 2. The van der Waals surface area contributed by atoms with Crippen LogP contribution in [0.25, 0.3) is 0 Å². The van der Waals surface area contributed by atoms with Gasteiger partial charge in [0.25, 0.3) is 0 Å². The zero-order valence-corrected chi connectivity index (χ0v) is 14.3. The average Bonchev–Trinajstić information content (AvgIpc) is 3.34. The molecule has 0 spiro atoms. The van der Waals surface area contributed by atoms with E-state index in [0.29, 0.717) is 22.9 Å². The number of hydrogen-bond acceptors (Lipinski definition) is 6. The molecule has 1 unspecified atom stereocenters. The Bertz CT molecular complexity index is 872. The van der Waals surface area contributed by atoms with Crippen LogP contribution in [0.4, 0.5) is 4.79 Å². The highest BCUT2D eigenvalue weighted by molar-refractivity contribution is 7.99. The van der Waals surface area contributed by atoms with Gasteiger partial charge in [-0.3, -0.25) is 0 Å². The minimum absolute atomic E-state index is 0.378. The van der Waals surface area contributed by atoms with Gasteiger partial charge in [0.1, 0.15) is 10.9 Å². The van der Waals surface area contributed by atoms with Gasteiger partial charge < -0.3 is 15.5 Å². The van der Waals surface area contributed by atoms with E-state index in [1.807, 2.05) is 0 Å². The quantitative estimate of drug-likeness (QED) is 0.848. The molecule has 1 aromatic heterocycles. The van der Waals surface area contributed by atoms with E-state index >= 15 is 0 Å². The van der Waals surface area contributed by atoms with Crippen molar-refractivity contribution in [3.05, 3.63) is 40.8 Å². The highest BCUT2D eigenvalue weighted by atomic mass is 32.2. The minimum Gasteiger partial charge on any atom is -0.439 e. The number of nitrogens with one attached hydrogen (secondary N) is 1. The number of carbonyl (C=O) groups is 1. The van der Waals surface area contributed by atoms with Gasteiger partial charge in [0, 0.05) is 10.8 Å². The van der Waals surface area contributed by atoms with E-state index in [4.69, 9.17) is 21.0 Å². The number of primary amides is 1. The maximum Gasteiger partial charge on any atom is 0.405 e. The van der Waals surface area contributed by atoms with Crippen LogP contribution in [0.5, 0.6) is 0 Å². The number of aromatic nitrogens is 2. The molecule has 1 atom stereocenters. The molecule has 1 fully saturated rings. The number of aromatic amines is 1. The van der Waals surface area contributed by atoms with Crippen molar-refractivity contribution in [1.82, 2.24) is 9.97 Å². The molecule has 0 bridgehead atoms. The molecular formula is C17H15N5O2S. The third-order valence-electron chi connectivity index (χ3n) is 3.74. The molecule has 1 aromatic carbocycles. The van der Waals surface area contributed by atoms with Crippen molar-refractivity contribution in [1.29, 1.82) is 10.5 Å². The highest BCUT2D eigenvalue weighted by Gasteiger charge is 2.31. The Balaban J connectivity index is 1.92. The first-order chi connectivity index (χ1) is 12.0. The summed E-state index contributed by atoms with van der Waals surface area (Å²) in [6.07, 6.45) is 0.686. The molecule has 1 amide bonds. The summed E-state index contributed by atoms with van der Waals surface area (Å²) in [4.78, 5) is 19.5. The third-order valence-corrected chi connectivity index (χ3v) is 4.73. The van der Waals surface area contributed by atoms with E-state index in [1.54, 1.807) is 25.1 Å². The van der Waals surface area contributed by atoms with Gasteiger partial charge in [0.05, 0.1) is 29.0 Å². The molecule has 3 rings (SSSR count). The smallest absolute Gasteiger partial charge is 0.405 e. The lowest BCUT2D eigenvalue weighted by molar-refractivity contribution is 0.112. The van der Waals surface area contributed by atoms with Gasteiger partial charge in [-0.15, -0.1) is 0 Å². The third kappa shape index (κ3) is 3.93. The maximum atomic E-state index is 10.9. The first-order valence-electron chi connectivity index (χ1n) is 7.69. The zero-order valence-electron chi connectivity index (χ0n) is 13.4. The molecule has 1 aliphatic rings. The van der Waals surface area contributed by atoms with Crippen LogP contribution < -0.4 is 5.73 Å². The van der Waals surface area contributed by atoms with E-state index in [2.05, 4.69) is 22.1 Å². The molecule has 0 saturated heterocycles. The van der Waals surface area contributed by atoms with E-state index in [9.17, 15) is 4.79 Å². The summed E-state index contributed by atoms with van der Waals surface area (Å²) >= 11 is 1.41. The summed E-state index contributed by atoms with van der Waals surface area (Å²) in [5.41, 5.74) is 6.84. The second kappa shape index (κ2) is 6.88. The molecule has 1 saturated carbocycles. The number of nitrogens with zero attached hydrogens (tertiary/aromatic N) is 3. The minimum atomic E-state index is -0.855. The van der Waals surface area contributed by atoms with Gasteiger partial charge in [-0.05, 0) is 38.0 Å². The normalized spacial score (nSPS) is 14.4. The molecule has 25 heavy (non-hydrogen) atoms. The van der Waals surface area contributed by atoms with Crippen LogP contribution in [0, 0.1) is 22.7 Å². The molecule has 7 nitrogen and oxygen atoms in total. The molecule has 1 aliphatic carbocycles. The lowest BCUT2D eigenvalue weighted by atomic mass is 10.1. The summed E-state index contributed by atoms with van der Waals surface area (Å²) in [5.74, 6) is 0.906. The fraction of sp³-hybridized carbons (Fsp3) is 0.294. The van der Waals surface area contributed by atoms with E-state index in [0.717, 1.165) is 28.5 Å². The predicted molar refractivity (Wildman–Crippen MR) is 89.6 cm³/mol. The van der Waals surface area contributed by atoms with Crippen molar-refractivity contribution in [3.8, 4) is 12.1 Å². The van der Waals surface area contributed by atoms with Crippen LogP contribution in [-0.2, 0) is 4.74 Å². The maximum absolute atomic E-state index is 10.9. The molecule has 0 radical (unpaired) electrons. The van der Waals surface area contributed by atoms with Crippen LogP contribution in [0.15, 0.2) is 28.1 Å². The van der Waals surface area contributed by atoms with Crippen molar-refractivity contribution >= 4 is 17.9 Å². The summed E-state index contributed by atoms with van der Waals surface area (Å²) < 4.78 is 4.98. The van der Waals surface area contributed by atoms with Crippen LogP contribution >= 0.6 is 11.8 Å². The van der Waals surface area contributed by atoms with Crippen LogP contribution in [0.3, 0.4) is 0 Å². The lowest BCUT2D eigenvalue weighted by Crippen LogP contribution is -2.16. The Morgan fingerprint density at radius 2 is 2.00 bits per heavy atom. The summed E-state index contributed by atoms with van der Waals surface area (Å²) in [6, 6.07) is 9.13. The molecule has 3 N–H and O–H groups in total. The number of carbonyl (C=O) groups excluding carboxylic acids is 1. The molecule has 2 aromatic rings. The summed E-state index contributed by atoms with van der Waals surface area (Å²) in [6.45, 7) is 1.69. The number of imidazole rings is 1. The topological polar surface area (TPSA) is 129 Å². The number of rotatable bonds is 5. The number of hydrogen-bond donors (Lipinski definition) is 2. The van der Waals surface area contributed by atoms with E-state index < -0.39 is 12.2 Å². The lowest BCUT2D eigenvalue weighted by Gasteiger charge is -2.07. The molecular weight excluding hydrogens is 338 g/mol. The number of H-pyrrole nitrogens is 1. The van der Waals surface area contributed by atoms with Gasteiger partial charge in [-0.25, -0.2) is 9.78 Å². The Kier molecular flexibility index (Phi) is 4.64. The molecule has 0 aliphatic heterocycles. The standard InChI is InChI=1S/C17H15N5O2S/c1-9(24-17(20)23)15-21-14(12-2-3-12)16(22-15)25-13-5-10(7-18)4-11(6-13)8-19/h4-6,9,12H,2-3H2,1H3,(H2,20,23)(H,21,22).